The van der Waals surface area contributed by atoms with Crippen LogP contribution in [0, 0.1) is 11.7 Å². The summed E-state index contributed by atoms with van der Waals surface area (Å²) in [6.45, 7) is 6.48. The Bertz CT molecular complexity index is 371. The van der Waals surface area contributed by atoms with Gasteiger partial charge in [0.15, 0.2) is 0 Å². The van der Waals surface area contributed by atoms with E-state index in [1.807, 2.05) is 20.8 Å². The van der Waals surface area contributed by atoms with E-state index in [4.69, 9.17) is 4.74 Å². The minimum Gasteiger partial charge on any atom is -0.465 e. The maximum atomic E-state index is 12.8. The highest BCUT2D eigenvalue weighted by atomic mass is 19.1. The molecule has 0 bridgehead atoms. The smallest absolute Gasteiger partial charge is 0.306 e. The van der Waals surface area contributed by atoms with Crippen molar-refractivity contribution in [3.05, 3.63) is 35.6 Å². The quantitative estimate of drug-likeness (QED) is 0.717. The Morgan fingerprint density at radius 3 is 2.39 bits per heavy atom. The summed E-state index contributed by atoms with van der Waals surface area (Å²) < 4.78 is 18.0. The Morgan fingerprint density at radius 1 is 1.28 bits per heavy atom. The second-order valence-electron chi connectivity index (χ2n) is 4.94. The Balaban J connectivity index is 2.56. The standard InChI is InChI=1S/C15H21FO2/c1-4-12(9-15(17)18-10-11(2)3)13-5-7-14(16)8-6-13/h5-8,11-12H,4,9-10H2,1-3H3. The van der Waals surface area contributed by atoms with Crippen LogP contribution >= 0.6 is 0 Å². The predicted molar refractivity (Wildman–Crippen MR) is 69.8 cm³/mol. The second kappa shape index (κ2) is 7.14. The van der Waals surface area contributed by atoms with Crippen LogP contribution in [-0.2, 0) is 9.53 Å². The van der Waals surface area contributed by atoms with Gasteiger partial charge in [-0.05, 0) is 36.0 Å². The average molecular weight is 252 g/mol. The highest BCUT2D eigenvalue weighted by Crippen LogP contribution is 2.24. The molecule has 0 spiro atoms. The molecule has 3 heteroatoms. The second-order valence-corrected chi connectivity index (χ2v) is 4.94. The monoisotopic (exact) mass is 252 g/mol. The summed E-state index contributed by atoms with van der Waals surface area (Å²) in [5, 5.41) is 0. The van der Waals surface area contributed by atoms with Crippen molar-refractivity contribution in [3.63, 3.8) is 0 Å². The number of rotatable bonds is 6. The number of ether oxygens (including phenoxy) is 1. The van der Waals surface area contributed by atoms with Crippen LogP contribution in [0.2, 0.25) is 0 Å². The van der Waals surface area contributed by atoms with Crippen LogP contribution in [0.4, 0.5) is 4.39 Å². The molecule has 100 valence electrons. The number of halogens is 1. The van der Waals surface area contributed by atoms with Gasteiger partial charge in [0, 0.05) is 0 Å². The van der Waals surface area contributed by atoms with E-state index in [1.165, 1.54) is 12.1 Å². The van der Waals surface area contributed by atoms with E-state index in [1.54, 1.807) is 12.1 Å². The zero-order valence-corrected chi connectivity index (χ0v) is 11.3. The van der Waals surface area contributed by atoms with Gasteiger partial charge in [0.05, 0.1) is 13.0 Å². The highest BCUT2D eigenvalue weighted by Gasteiger charge is 2.15. The average Bonchev–Trinajstić information content (AvgIpc) is 2.34. The van der Waals surface area contributed by atoms with Crippen molar-refractivity contribution in [1.29, 1.82) is 0 Å². The van der Waals surface area contributed by atoms with Crippen molar-refractivity contribution in [2.75, 3.05) is 6.61 Å². The fraction of sp³-hybridized carbons (Fsp3) is 0.533. The molecule has 0 aliphatic rings. The Morgan fingerprint density at radius 2 is 1.89 bits per heavy atom. The fourth-order valence-corrected chi connectivity index (χ4v) is 1.75. The minimum atomic E-state index is -0.254. The molecule has 0 heterocycles. The van der Waals surface area contributed by atoms with E-state index >= 15 is 0 Å². The van der Waals surface area contributed by atoms with Crippen LogP contribution in [0.1, 0.15) is 45.1 Å². The fourth-order valence-electron chi connectivity index (χ4n) is 1.75. The molecule has 18 heavy (non-hydrogen) atoms. The summed E-state index contributed by atoms with van der Waals surface area (Å²) in [5.74, 6) is 0.0148. The van der Waals surface area contributed by atoms with Gasteiger partial charge in [-0.2, -0.15) is 0 Å². The molecule has 0 amide bonds. The van der Waals surface area contributed by atoms with Crippen LogP contribution < -0.4 is 0 Å². The van der Waals surface area contributed by atoms with Gasteiger partial charge in [0.2, 0.25) is 0 Å². The Labute approximate surface area is 108 Å². The summed E-state index contributed by atoms with van der Waals surface area (Å²) in [5.41, 5.74) is 0.986. The van der Waals surface area contributed by atoms with E-state index in [-0.39, 0.29) is 17.7 Å². The molecule has 1 rings (SSSR count). The molecule has 2 nitrogen and oxygen atoms in total. The molecule has 1 aromatic carbocycles. The normalized spacial score (nSPS) is 12.5. The third-order valence-electron chi connectivity index (χ3n) is 2.82. The van der Waals surface area contributed by atoms with Crippen molar-refractivity contribution in [1.82, 2.24) is 0 Å². The molecule has 0 saturated heterocycles. The van der Waals surface area contributed by atoms with Crippen LogP contribution in [0.5, 0.6) is 0 Å². The molecule has 0 fully saturated rings. The molecular formula is C15H21FO2. The predicted octanol–water partition coefficient (Wildman–Crippen LogP) is 3.91. The van der Waals surface area contributed by atoms with Gasteiger partial charge in [-0.15, -0.1) is 0 Å². The zero-order chi connectivity index (χ0) is 13.5. The largest absolute Gasteiger partial charge is 0.465 e. The third kappa shape index (κ3) is 4.86. The molecule has 1 atom stereocenters. The topological polar surface area (TPSA) is 26.3 Å². The number of hydrogen-bond acceptors (Lipinski definition) is 2. The lowest BCUT2D eigenvalue weighted by molar-refractivity contribution is -0.145. The summed E-state index contributed by atoms with van der Waals surface area (Å²) in [6.07, 6.45) is 1.19. The first kappa shape index (κ1) is 14.7. The zero-order valence-electron chi connectivity index (χ0n) is 11.3. The lowest BCUT2D eigenvalue weighted by Gasteiger charge is -2.15. The number of hydrogen-bond donors (Lipinski definition) is 0. The molecular weight excluding hydrogens is 231 g/mol. The summed E-state index contributed by atoms with van der Waals surface area (Å²) in [6, 6.07) is 6.33. The van der Waals surface area contributed by atoms with E-state index in [9.17, 15) is 9.18 Å². The van der Waals surface area contributed by atoms with Gasteiger partial charge in [-0.25, -0.2) is 4.39 Å². The van der Waals surface area contributed by atoms with Crippen LogP contribution in [0.15, 0.2) is 24.3 Å². The first-order valence-electron chi connectivity index (χ1n) is 6.44. The summed E-state index contributed by atoms with van der Waals surface area (Å²) in [7, 11) is 0. The van der Waals surface area contributed by atoms with Crippen molar-refractivity contribution in [2.24, 2.45) is 5.92 Å². The van der Waals surface area contributed by atoms with Gasteiger partial charge < -0.3 is 4.74 Å². The van der Waals surface area contributed by atoms with Gasteiger partial charge in [0.1, 0.15) is 5.82 Å². The maximum absolute atomic E-state index is 12.8. The van der Waals surface area contributed by atoms with E-state index in [0.29, 0.717) is 18.9 Å². The Kier molecular flexibility index (Phi) is 5.83. The van der Waals surface area contributed by atoms with Crippen LogP contribution in [-0.4, -0.2) is 12.6 Å². The first-order valence-corrected chi connectivity index (χ1v) is 6.44. The molecule has 0 saturated carbocycles. The summed E-state index contributed by atoms with van der Waals surface area (Å²) >= 11 is 0. The van der Waals surface area contributed by atoms with E-state index < -0.39 is 0 Å². The molecule has 0 aromatic heterocycles. The molecule has 0 aliphatic heterocycles. The molecule has 0 radical (unpaired) electrons. The molecule has 1 aromatic rings. The number of carbonyl (C=O) groups is 1. The van der Waals surface area contributed by atoms with Gasteiger partial charge in [0.25, 0.3) is 0 Å². The number of carbonyl (C=O) groups excluding carboxylic acids is 1. The SMILES string of the molecule is CCC(CC(=O)OCC(C)C)c1ccc(F)cc1. The lowest BCUT2D eigenvalue weighted by atomic mass is 9.93. The van der Waals surface area contributed by atoms with Crippen molar-refractivity contribution < 1.29 is 13.9 Å². The van der Waals surface area contributed by atoms with Gasteiger partial charge in [-0.1, -0.05) is 32.9 Å². The maximum Gasteiger partial charge on any atom is 0.306 e. The molecule has 1 unspecified atom stereocenters. The lowest BCUT2D eigenvalue weighted by Crippen LogP contribution is -2.13. The van der Waals surface area contributed by atoms with Crippen molar-refractivity contribution in [3.8, 4) is 0 Å². The molecule has 0 aliphatic carbocycles. The van der Waals surface area contributed by atoms with Crippen LogP contribution in [0.3, 0.4) is 0 Å². The third-order valence-corrected chi connectivity index (χ3v) is 2.82. The Hall–Kier alpha value is -1.38. The van der Waals surface area contributed by atoms with Gasteiger partial charge >= 0.3 is 5.97 Å². The highest BCUT2D eigenvalue weighted by molar-refractivity contribution is 5.70. The summed E-state index contributed by atoms with van der Waals surface area (Å²) in [4.78, 5) is 11.7. The van der Waals surface area contributed by atoms with Crippen molar-refractivity contribution >= 4 is 5.97 Å². The van der Waals surface area contributed by atoms with Crippen LogP contribution in [0.25, 0.3) is 0 Å². The number of esters is 1. The van der Waals surface area contributed by atoms with Crippen molar-refractivity contribution in [2.45, 2.75) is 39.5 Å². The van der Waals surface area contributed by atoms with Gasteiger partial charge in [-0.3, -0.25) is 4.79 Å². The minimum absolute atomic E-state index is 0.102. The molecule has 0 N–H and O–H groups in total. The van der Waals surface area contributed by atoms with E-state index in [2.05, 4.69) is 0 Å². The first-order chi connectivity index (χ1) is 8.52. The number of benzene rings is 1. The van der Waals surface area contributed by atoms with E-state index in [0.717, 1.165) is 12.0 Å².